The molecule has 0 aliphatic rings. The Hall–Kier alpha value is -3.39. The SMILES string of the molecule is CCC(=C(c1ccccc1)c1ccc(C=C(C)C(=O)N(CC)CC)cc1)c1ccccc1. The molecular weight excluding hydrogens is 390 g/mol. The summed E-state index contributed by atoms with van der Waals surface area (Å²) in [6.45, 7) is 9.59. The summed E-state index contributed by atoms with van der Waals surface area (Å²) in [5.74, 6) is 0.0984. The average molecular weight is 424 g/mol. The largest absolute Gasteiger partial charge is 0.339 e. The molecule has 0 fully saturated rings. The van der Waals surface area contributed by atoms with Crippen molar-refractivity contribution < 1.29 is 4.79 Å². The first-order chi connectivity index (χ1) is 15.6. The molecule has 0 bridgehead atoms. The van der Waals surface area contributed by atoms with Crippen LogP contribution in [0.25, 0.3) is 17.2 Å². The van der Waals surface area contributed by atoms with E-state index in [1.54, 1.807) is 0 Å². The summed E-state index contributed by atoms with van der Waals surface area (Å²) in [4.78, 5) is 14.5. The van der Waals surface area contributed by atoms with E-state index in [1.807, 2.05) is 31.7 Å². The molecule has 0 unspecified atom stereocenters. The molecule has 0 heterocycles. The van der Waals surface area contributed by atoms with E-state index in [0.29, 0.717) is 0 Å². The Bertz CT molecular complexity index is 1070. The molecule has 2 heteroatoms. The predicted octanol–water partition coefficient (Wildman–Crippen LogP) is 7.33. The van der Waals surface area contributed by atoms with Gasteiger partial charge < -0.3 is 4.90 Å². The molecule has 32 heavy (non-hydrogen) atoms. The highest BCUT2D eigenvalue weighted by molar-refractivity contribution is 5.99. The molecular formula is C30H33NO. The van der Waals surface area contributed by atoms with Gasteiger partial charge in [-0.1, -0.05) is 91.9 Å². The van der Waals surface area contributed by atoms with Crippen LogP contribution < -0.4 is 0 Å². The Morgan fingerprint density at radius 3 is 1.72 bits per heavy atom. The maximum absolute atomic E-state index is 12.6. The molecule has 3 rings (SSSR count). The Morgan fingerprint density at radius 1 is 0.719 bits per heavy atom. The predicted molar refractivity (Wildman–Crippen MR) is 137 cm³/mol. The van der Waals surface area contributed by atoms with Gasteiger partial charge in [0.25, 0.3) is 0 Å². The first-order valence-corrected chi connectivity index (χ1v) is 11.5. The van der Waals surface area contributed by atoms with Gasteiger partial charge >= 0.3 is 0 Å². The zero-order valence-corrected chi connectivity index (χ0v) is 19.6. The summed E-state index contributed by atoms with van der Waals surface area (Å²) < 4.78 is 0. The monoisotopic (exact) mass is 423 g/mol. The van der Waals surface area contributed by atoms with E-state index >= 15 is 0 Å². The lowest BCUT2D eigenvalue weighted by atomic mass is 9.88. The molecule has 0 aliphatic heterocycles. The number of hydrogen-bond donors (Lipinski definition) is 0. The summed E-state index contributed by atoms with van der Waals surface area (Å²) >= 11 is 0. The normalized spacial score (nSPS) is 12.3. The van der Waals surface area contributed by atoms with Crippen molar-refractivity contribution in [2.45, 2.75) is 34.1 Å². The van der Waals surface area contributed by atoms with Crippen LogP contribution in [0.1, 0.15) is 56.4 Å². The van der Waals surface area contributed by atoms with E-state index in [0.717, 1.165) is 30.6 Å². The molecule has 0 radical (unpaired) electrons. The van der Waals surface area contributed by atoms with Crippen molar-refractivity contribution in [3.8, 4) is 0 Å². The van der Waals surface area contributed by atoms with Gasteiger partial charge in [-0.25, -0.2) is 0 Å². The zero-order chi connectivity index (χ0) is 22.9. The lowest BCUT2D eigenvalue weighted by Gasteiger charge is -2.19. The van der Waals surface area contributed by atoms with Crippen LogP contribution in [0.5, 0.6) is 0 Å². The fourth-order valence-electron chi connectivity index (χ4n) is 4.10. The van der Waals surface area contributed by atoms with Gasteiger partial charge in [0.05, 0.1) is 0 Å². The Balaban J connectivity index is 2.04. The van der Waals surface area contributed by atoms with Crippen LogP contribution in [0.2, 0.25) is 0 Å². The fourth-order valence-corrected chi connectivity index (χ4v) is 4.10. The standard InChI is InChI=1S/C30H33NO/c1-5-28(25-14-10-8-11-15-25)29(26-16-12-9-13-17-26)27-20-18-24(19-21-27)22-23(4)30(32)31(6-2)7-3/h8-22H,5-7H2,1-4H3. The smallest absolute Gasteiger partial charge is 0.249 e. The first kappa shape index (κ1) is 23.3. The first-order valence-electron chi connectivity index (χ1n) is 11.5. The number of allylic oxidation sites excluding steroid dienone is 1. The van der Waals surface area contributed by atoms with Gasteiger partial charge in [0.1, 0.15) is 0 Å². The minimum atomic E-state index is 0.0984. The number of carbonyl (C=O) groups is 1. The summed E-state index contributed by atoms with van der Waals surface area (Å²) in [5, 5.41) is 0. The number of carbonyl (C=O) groups excluding carboxylic acids is 1. The van der Waals surface area contributed by atoms with Crippen molar-refractivity contribution in [2.75, 3.05) is 13.1 Å². The number of benzene rings is 3. The highest BCUT2D eigenvalue weighted by Gasteiger charge is 2.14. The number of likely N-dealkylation sites (N-methyl/N-ethyl adjacent to an activating group) is 1. The van der Waals surface area contributed by atoms with Crippen LogP contribution in [0.4, 0.5) is 0 Å². The summed E-state index contributed by atoms with van der Waals surface area (Å²) in [6.07, 6.45) is 2.92. The lowest BCUT2D eigenvalue weighted by Crippen LogP contribution is -2.30. The van der Waals surface area contributed by atoms with Gasteiger partial charge in [-0.3, -0.25) is 4.79 Å². The van der Waals surface area contributed by atoms with Gasteiger partial charge in [0.15, 0.2) is 0 Å². The number of rotatable bonds is 8. The summed E-state index contributed by atoms with van der Waals surface area (Å²) in [7, 11) is 0. The number of hydrogen-bond acceptors (Lipinski definition) is 1. The molecule has 0 saturated carbocycles. The Kier molecular flexibility index (Phi) is 8.21. The highest BCUT2D eigenvalue weighted by atomic mass is 16.2. The van der Waals surface area contributed by atoms with E-state index in [2.05, 4.69) is 91.9 Å². The second-order valence-electron chi connectivity index (χ2n) is 7.87. The summed E-state index contributed by atoms with van der Waals surface area (Å²) in [6, 6.07) is 29.7. The van der Waals surface area contributed by atoms with Crippen LogP contribution in [-0.2, 0) is 4.79 Å². The quantitative estimate of drug-likeness (QED) is 0.274. The number of amides is 1. The van der Waals surface area contributed by atoms with Crippen molar-refractivity contribution in [2.24, 2.45) is 0 Å². The second-order valence-corrected chi connectivity index (χ2v) is 7.87. The van der Waals surface area contributed by atoms with E-state index in [9.17, 15) is 4.79 Å². The molecule has 0 saturated heterocycles. The van der Waals surface area contributed by atoms with Crippen molar-refractivity contribution in [1.29, 1.82) is 0 Å². The van der Waals surface area contributed by atoms with Crippen LogP contribution in [0.3, 0.4) is 0 Å². The van der Waals surface area contributed by atoms with Crippen molar-refractivity contribution >= 4 is 23.1 Å². The van der Waals surface area contributed by atoms with E-state index in [1.165, 1.54) is 27.8 Å². The Labute approximate surface area is 192 Å². The second kappa shape index (κ2) is 11.3. The molecule has 0 atom stereocenters. The molecule has 3 aromatic carbocycles. The minimum Gasteiger partial charge on any atom is -0.339 e. The molecule has 1 amide bonds. The van der Waals surface area contributed by atoms with Crippen LogP contribution >= 0.6 is 0 Å². The van der Waals surface area contributed by atoms with E-state index in [4.69, 9.17) is 0 Å². The average Bonchev–Trinajstić information content (AvgIpc) is 2.85. The van der Waals surface area contributed by atoms with Crippen LogP contribution in [-0.4, -0.2) is 23.9 Å². The van der Waals surface area contributed by atoms with Gasteiger partial charge in [-0.05, 0) is 66.7 Å². The summed E-state index contributed by atoms with van der Waals surface area (Å²) in [5.41, 5.74) is 8.03. The van der Waals surface area contributed by atoms with Crippen molar-refractivity contribution in [3.05, 3.63) is 113 Å². The fraction of sp³-hybridized carbons (Fsp3) is 0.233. The van der Waals surface area contributed by atoms with Crippen molar-refractivity contribution in [1.82, 2.24) is 4.90 Å². The van der Waals surface area contributed by atoms with Crippen LogP contribution in [0.15, 0.2) is 90.5 Å². The third-order valence-corrected chi connectivity index (χ3v) is 5.81. The molecule has 0 aromatic heterocycles. The molecule has 0 aliphatic carbocycles. The zero-order valence-electron chi connectivity index (χ0n) is 19.6. The van der Waals surface area contributed by atoms with E-state index < -0.39 is 0 Å². The van der Waals surface area contributed by atoms with Crippen molar-refractivity contribution in [3.63, 3.8) is 0 Å². The van der Waals surface area contributed by atoms with Gasteiger partial charge in [0.2, 0.25) is 5.91 Å². The van der Waals surface area contributed by atoms with Crippen LogP contribution in [0, 0.1) is 0 Å². The Morgan fingerprint density at radius 2 is 1.22 bits per heavy atom. The van der Waals surface area contributed by atoms with Gasteiger partial charge in [0, 0.05) is 18.7 Å². The van der Waals surface area contributed by atoms with Gasteiger partial charge in [-0.15, -0.1) is 0 Å². The maximum Gasteiger partial charge on any atom is 0.249 e. The molecule has 0 N–H and O–H groups in total. The van der Waals surface area contributed by atoms with E-state index in [-0.39, 0.29) is 5.91 Å². The molecule has 2 nitrogen and oxygen atoms in total. The highest BCUT2D eigenvalue weighted by Crippen LogP contribution is 2.34. The topological polar surface area (TPSA) is 20.3 Å². The molecule has 3 aromatic rings. The minimum absolute atomic E-state index is 0.0984. The number of nitrogens with zero attached hydrogens (tertiary/aromatic N) is 1. The molecule has 0 spiro atoms. The van der Waals surface area contributed by atoms with Gasteiger partial charge in [-0.2, -0.15) is 0 Å². The molecule has 164 valence electrons. The lowest BCUT2D eigenvalue weighted by molar-refractivity contribution is -0.126. The maximum atomic E-state index is 12.6. The third-order valence-electron chi connectivity index (χ3n) is 5.81. The third kappa shape index (κ3) is 5.45.